The van der Waals surface area contributed by atoms with E-state index >= 15 is 0 Å². The molecule has 1 fully saturated rings. The first kappa shape index (κ1) is 12.9. The lowest BCUT2D eigenvalue weighted by Crippen LogP contribution is -2.46. The van der Waals surface area contributed by atoms with Crippen molar-refractivity contribution in [1.29, 1.82) is 0 Å². The van der Waals surface area contributed by atoms with E-state index in [1.807, 2.05) is 0 Å². The number of rotatable bonds is 6. The summed E-state index contributed by atoms with van der Waals surface area (Å²) in [4.78, 5) is 2.55. The molecule has 0 aromatic heterocycles. The molecule has 0 saturated carbocycles. The van der Waals surface area contributed by atoms with Crippen molar-refractivity contribution in [2.24, 2.45) is 5.92 Å². The zero-order chi connectivity index (χ0) is 11.1. The fourth-order valence-corrected chi connectivity index (χ4v) is 2.20. The molecule has 1 atom stereocenters. The maximum Gasteiger partial charge on any atom is 0.0594 e. The molecule has 3 nitrogen and oxygen atoms in total. The summed E-state index contributed by atoms with van der Waals surface area (Å²) in [5.74, 6) is 0.698. The SMILES string of the molecule is CCOCCC(C(C)C)N1CCOCC1. The molecule has 3 heteroatoms. The molecule has 0 bridgehead atoms. The smallest absolute Gasteiger partial charge is 0.0594 e. The first-order chi connectivity index (χ1) is 7.25. The van der Waals surface area contributed by atoms with Crippen LogP contribution in [0.4, 0.5) is 0 Å². The highest BCUT2D eigenvalue weighted by Crippen LogP contribution is 2.16. The molecule has 0 spiro atoms. The van der Waals surface area contributed by atoms with Crippen LogP contribution in [0.5, 0.6) is 0 Å². The lowest BCUT2D eigenvalue weighted by molar-refractivity contribution is -0.00368. The third-order valence-corrected chi connectivity index (χ3v) is 3.05. The molecule has 1 heterocycles. The van der Waals surface area contributed by atoms with Crippen molar-refractivity contribution in [2.45, 2.75) is 33.2 Å². The van der Waals surface area contributed by atoms with Crippen LogP contribution >= 0.6 is 0 Å². The van der Waals surface area contributed by atoms with Crippen molar-refractivity contribution < 1.29 is 9.47 Å². The second kappa shape index (κ2) is 7.20. The molecule has 1 unspecified atom stereocenters. The number of hydrogen-bond acceptors (Lipinski definition) is 3. The van der Waals surface area contributed by atoms with E-state index in [0.29, 0.717) is 12.0 Å². The minimum Gasteiger partial charge on any atom is -0.382 e. The van der Waals surface area contributed by atoms with Gasteiger partial charge in [0.15, 0.2) is 0 Å². The second-order valence-electron chi connectivity index (χ2n) is 4.45. The summed E-state index contributed by atoms with van der Waals surface area (Å²) in [5, 5.41) is 0. The summed E-state index contributed by atoms with van der Waals surface area (Å²) < 4.78 is 10.8. The van der Waals surface area contributed by atoms with Gasteiger partial charge in [-0.05, 0) is 19.3 Å². The Morgan fingerprint density at radius 1 is 1.27 bits per heavy atom. The van der Waals surface area contributed by atoms with E-state index in [0.717, 1.165) is 45.9 Å². The van der Waals surface area contributed by atoms with E-state index in [-0.39, 0.29) is 0 Å². The molecule has 15 heavy (non-hydrogen) atoms. The molecule has 1 rings (SSSR count). The van der Waals surface area contributed by atoms with Crippen LogP contribution in [0, 0.1) is 5.92 Å². The predicted octanol–water partition coefficient (Wildman–Crippen LogP) is 1.77. The van der Waals surface area contributed by atoms with Crippen LogP contribution < -0.4 is 0 Å². The van der Waals surface area contributed by atoms with E-state index in [9.17, 15) is 0 Å². The van der Waals surface area contributed by atoms with Crippen LogP contribution in [0.2, 0.25) is 0 Å². The molecular formula is C12H25NO2. The Kier molecular flexibility index (Phi) is 6.22. The molecule has 0 radical (unpaired) electrons. The molecule has 0 aromatic carbocycles. The number of ether oxygens (including phenoxy) is 2. The molecule has 1 aliphatic heterocycles. The average Bonchev–Trinajstić information content (AvgIpc) is 2.25. The van der Waals surface area contributed by atoms with Gasteiger partial charge in [0, 0.05) is 32.3 Å². The summed E-state index contributed by atoms with van der Waals surface area (Å²) >= 11 is 0. The lowest BCUT2D eigenvalue weighted by atomic mass is 9.99. The molecule has 1 aliphatic rings. The number of morpholine rings is 1. The van der Waals surface area contributed by atoms with Crippen LogP contribution in [-0.4, -0.2) is 50.5 Å². The van der Waals surface area contributed by atoms with Crippen molar-refractivity contribution in [2.75, 3.05) is 39.5 Å². The second-order valence-corrected chi connectivity index (χ2v) is 4.45. The lowest BCUT2D eigenvalue weighted by Gasteiger charge is -2.36. The molecule has 0 aromatic rings. The molecule has 90 valence electrons. The standard InChI is InChI=1S/C12H25NO2/c1-4-14-8-5-12(11(2)3)13-6-9-15-10-7-13/h11-12H,4-10H2,1-3H3. The van der Waals surface area contributed by atoms with Gasteiger partial charge >= 0.3 is 0 Å². The molecular weight excluding hydrogens is 190 g/mol. The van der Waals surface area contributed by atoms with Crippen molar-refractivity contribution in [3.05, 3.63) is 0 Å². The third kappa shape index (κ3) is 4.49. The van der Waals surface area contributed by atoms with Gasteiger partial charge < -0.3 is 9.47 Å². The number of nitrogens with zero attached hydrogens (tertiary/aromatic N) is 1. The van der Waals surface area contributed by atoms with Gasteiger partial charge in [-0.15, -0.1) is 0 Å². The van der Waals surface area contributed by atoms with Crippen molar-refractivity contribution in [1.82, 2.24) is 4.90 Å². The highest BCUT2D eigenvalue weighted by atomic mass is 16.5. The first-order valence-corrected chi connectivity index (χ1v) is 6.15. The fourth-order valence-electron chi connectivity index (χ4n) is 2.20. The van der Waals surface area contributed by atoms with Gasteiger partial charge in [0.05, 0.1) is 13.2 Å². The minimum absolute atomic E-state index is 0.653. The average molecular weight is 215 g/mol. The molecule has 0 amide bonds. The van der Waals surface area contributed by atoms with E-state index in [1.54, 1.807) is 0 Å². The largest absolute Gasteiger partial charge is 0.382 e. The molecule has 1 saturated heterocycles. The predicted molar refractivity (Wildman–Crippen MR) is 62.1 cm³/mol. The topological polar surface area (TPSA) is 21.7 Å². The van der Waals surface area contributed by atoms with Gasteiger partial charge in [0.25, 0.3) is 0 Å². The van der Waals surface area contributed by atoms with E-state index in [1.165, 1.54) is 0 Å². The first-order valence-electron chi connectivity index (χ1n) is 6.15. The molecule has 0 N–H and O–H groups in total. The van der Waals surface area contributed by atoms with E-state index < -0.39 is 0 Å². The van der Waals surface area contributed by atoms with Crippen LogP contribution in [0.25, 0.3) is 0 Å². The van der Waals surface area contributed by atoms with E-state index in [2.05, 4.69) is 25.7 Å². The Morgan fingerprint density at radius 2 is 1.93 bits per heavy atom. The Balaban J connectivity index is 2.34. The monoisotopic (exact) mass is 215 g/mol. The number of hydrogen-bond donors (Lipinski definition) is 0. The fraction of sp³-hybridized carbons (Fsp3) is 1.00. The Morgan fingerprint density at radius 3 is 2.47 bits per heavy atom. The van der Waals surface area contributed by atoms with Gasteiger partial charge in [0.1, 0.15) is 0 Å². The quantitative estimate of drug-likeness (QED) is 0.630. The highest BCUT2D eigenvalue weighted by molar-refractivity contribution is 4.76. The van der Waals surface area contributed by atoms with Gasteiger partial charge in [-0.2, -0.15) is 0 Å². The summed E-state index contributed by atoms with van der Waals surface area (Å²) in [5.41, 5.74) is 0. The minimum atomic E-state index is 0.653. The maximum absolute atomic E-state index is 5.45. The van der Waals surface area contributed by atoms with Gasteiger partial charge in [-0.25, -0.2) is 0 Å². The van der Waals surface area contributed by atoms with Gasteiger partial charge in [-0.3, -0.25) is 4.90 Å². The van der Waals surface area contributed by atoms with Gasteiger partial charge in [-0.1, -0.05) is 13.8 Å². The van der Waals surface area contributed by atoms with Crippen LogP contribution in [0.15, 0.2) is 0 Å². The van der Waals surface area contributed by atoms with Crippen molar-refractivity contribution >= 4 is 0 Å². The normalized spacial score (nSPS) is 20.8. The Hall–Kier alpha value is -0.120. The summed E-state index contributed by atoms with van der Waals surface area (Å²) in [7, 11) is 0. The zero-order valence-electron chi connectivity index (χ0n) is 10.4. The highest BCUT2D eigenvalue weighted by Gasteiger charge is 2.23. The Bertz CT molecular complexity index is 156. The van der Waals surface area contributed by atoms with Crippen molar-refractivity contribution in [3.63, 3.8) is 0 Å². The summed E-state index contributed by atoms with van der Waals surface area (Å²) in [6, 6.07) is 0.653. The third-order valence-electron chi connectivity index (χ3n) is 3.05. The maximum atomic E-state index is 5.45. The van der Waals surface area contributed by atoms with Gasteiger partial charge in [0.2, 0.25) is 0 Å². The zero-order valence-corrected chi connectivity index (χ0v) is 10.4. The van der Waals surface area contributed by atoms with Crippen molar-refractivity contribution in [3.8, 4) is 0 Å². The Labute approximate surface area is 93.7 Å². The van der Waals surface area contributed by atoms with Crippen LogP contribution in [0.1, 0.15) is 27.2 Å². The van der Waals surface area contributed by atoms with E-state index in [4.69, 9.17) is 9.47 Å². The summed E-state index contributed by atoms with van der Waals surface area (Å²) in [6.45, 7) is 12.3. The van der Waals surface area contributed by atoms with Crippen LogP contribution in [0.3, 0.4) is 0 Å². The van der Waals surface area contributed by atoms with Crippen LogP contribution in [-0.2, 0) is 9.47 Å². The molecule has 0 aliphatic carbocycles. The summed E-state index contributed by atoms with van der Waals surface area (Å²) in [6.07, 6.45) is 1.14.